The van der Waals surface area contributed by atoms with Gasteiger partial charge in [-0.1, -0.05) is 0 Å². The number of rotatable bonds is 3. The number of carboxylic acids is 1. The minimum absolute atomic E-state index is 0.0736. The van der Waals surface area contributed by atoms with Crippen LogP contribution >= 0.6 is 15.9 Å². The second-order valence-electron chi connectivity index (χ2n) is 3.00. The van der Waals surface area contributed by atoms with Crippen LogP contribution < -0.4 is 4.74 Å². The highest BCUT2D eigenvalue weighted by atomic mass is 79.9. The average molecular weight is 299 g/mol. The lowest BCUT2D eigenvalue weighted by Gasteiger charge is -2.04. The zero-order valence-electron chi connectivity index (χ0n) is 8.66. The Hall–Kier alpha value is -1.96. The van der Waals surface area contributed by atoms with Gasteiger partial charge in [-0.15, -0.1) is 0 Å². The summed E-state index contributed by atoms with van der Waals surface area (Å²) in [7, 11) is 1.48. The SMILES string of the molecule is COc1nc(-n2cnc(C(=O)O)c2)ncc1Br. The van der Waals surface area contributed by atoms with Gasteiger partial charge in [0, 0.05) is 6.20 Å². The Labute approximate surface area is 104 Å². The Morgan fingerprint density at radius 1 is 1.53 bits per heavy atom. The molecule has 2 heterocycles. The molecule has 0 fully saturated rings. The van der Waals surface area contributed by atoms with Crippen LogP contribution in [-0.2, 0) is 0 Å². The summed E-state index contributed by atoms with van der Waals surface area (Å²) in [4.78, 5) is 22.5. The number of carboxylic acid groups (broad SMARTS) is 1. The smallest absolute Gasteiger partial charge is 0.356 e. The summed E-state index contributed by atoms with van der Waals surface area (Å²) in [5, 5.41) is 8.74. The quantitative estimate of drug-likeness (QED) is 0.913. The maximum Gasteiger partial charge on any atom is 0.356 e. The standard InChI is InChI=1S/C9H7BrN4O3/c1-17-7-5(10)2-11-9(13-7)14-3-6(8(15)16)12-4-14/h2-4H,1H3,(H,15,16). The first-order valence-corrected chi connectivity index (χ1v) is 5.25. The number of nitrogens with zero attached hydrogens (tertiary/aromatic N) is 4. The Balaban J connectivity index is 2.42. The lowest BCUT2D eigenvalue weighted by molar-refractivity contribution is 0.0691. The van der Waals surface area contributed by atoms with Crippen molar-refractivity contribution in [3.05, 3.63) is 28.9 Å². The first-order valence-electron chi connectivity index (χ1n) is 4.46. The van der Waals surface area contributed by atoms with Crippen molar-refractivity contribution < 1.29 is 14.6 Å². The number of ether oxygens (including phenoxy) is 1. The van der Waals surface area contributed by atoms with E-state index in [4.69, 9.17) is 9.84 Å². The van der Waals surface area contributed by atoms with Gasteiger partial charge in [0.25, 0.3) is 0 Å². The molecule has 0 atom stereocenters. The predicted octanol–water partition coefficient (Wildman–Crippen LogP) is 1.13. The van der Waals surface area contributed by atoms with Gasteiger partial charge < -0.3 is 9.84 Å². The van der Waals surface area contributed by atoms with E-state index in [0.717, 1.165) is 0 Å². The van der Waals surface area contributed by atoms with E-state index in [2.05, 4.69) is 30.9 Å². The number of hydrogen-bond acceptors (Lipinski definition) is 5. The molecule has 8 heteroatoms. The van der Waals surface area contributed by atoms with E-state index in [1.54, 1.807) is 0 Å². The molecule has 0 amide bonds. The van der Waals surface area contributed by atoms with Gasteiger partial charge in [0.15, 0.2) is 5.69 Å². The largest absolute Gasteiger partial charge is 0.480 e. The van der Waals surface area contributed by atoms with Crippen molar-refractivity contribution in [2.75, 3.05) is 7.11 Å². The van der Waals surface area contributed by atoms with Crippen molar-refractivity contribution in [1.82, 2.24) is 19.5 Å². The van der Waals surface area contributed by atoms with Crippen molar-refractivity contribution in [2.45, 2.75) is 0 Å². The minimum Gasteiger partial charge on any atom is -0.480 e. The third-order valence-corrected chi connectivity index (χ3v) is 2.47. The van der Waals surface area contributed by atoms with Gasteiger partial charge >= 0.3 is 5.97 Å². The predicted molar refractivity (Wildman–Crippen MR) is 60.4 cm³/mol. The highest BCUT2D eigenvalue weighted by molar-refractivity contribution is 9.10. The highest BCUT2D eigenvalue weighted by Crippen LogP contribution is 2.21. The maximum atomic E-state index is 10.7. The Morgan fingerprint density at radius 2 is 2.29 bits per heavy atom. The molecular formula is C9H7BrN4O3. The Kier molecular flexibility index (Phi) is 3.05. The summed E-state index contributed by atoms with van der Waals surface area (Å²) < 4.78 is 7.03. The maximum absolute atomic E-state index is 10.7. The number of hydrogen-bond donors (Lipinski definition) is 1. The number of halogens is 1. The molecule has 0 aliphatic rings. The fraction of sp³-hybridized carbons (Fsp3) is 0.111. The molecule has 0 spiro atoms. The van der Waals surface area contributed by atoms with Gasteiger partial charge in [0.05, 0.1) is 17.8 Å². The number of aromatic carboxylic acids is 1. The second kappa shape index (κ2) is 4.50. The Morgan fingerprint density at radius 3 is 2.88 bits per heavy atom. The monoisotopic (exact) mass is 298 g/mol. The molecule has 1 N–H and O–H groups in total. The summed E-state index contributed by atoms with van der Waals surface area (Å²) in [5.74, 6) is -0.460. The van der Waals surface area contributed by atoms with E-state index in [9.17, 15) is 4.79 Å². The molecular weight excluding hydrogens is 292 g/mol. The molecule has 0 saturated heterocycles. The number of carbonyl (C=O) groups is 1. The summed E-state index contributed by atoms with van der Waals surface area (Å²) in [6.45, 7) is 0. The van der Waals surface area contributed by atoms with E-state index in [0.29, 0.717) is 10.4 Å². The van der Waals surface area contributed by atoms with Crippen molar-refractivity contribution in [2.24, 2.45) is 0 Å². The summed E-state index contributed by atoms with van der Waals surface area (Å²) in [6.07, 6.45) is 4.17. The molecule has 2 aromatic heterocycles. The van der Waals surface area contributed by atoms with E-state index < -0.39 is 5.97 Å². The number of methoxy groups -OCH3 is 1. The minimum atomic E-state index is -1.10. The molecule has 0 radical (unpaired) electrons. The fourth-order valence-electron chi connectivity index (χ4n) is 1.15. The Bertz CT molecular complexity index is 569. The molecule has 0 aliphatic carbocycles. The second-order valence-corrected chi connectivity index (χ2v) is 3.85. The van der Waals surface area contributed by atoms with E-state index in [-0.39, 0.29) is 11.6 Å². The number of aromatic nitrogens is 4. The van der Waals surface area contributed by atoms with Gasteiger partial charge in [-0.2, -0.15) is 4.98 Å². The van der Waals surface area contributed by atoms with E-state index >= 15 is 0 Å². The molecule has 0 aliphatic heterocycles. The van der Waals surface area contributed by atoms with Gasteiger partial charge in [0.2, 0.25) is 11.8 Å². The van der Waals surface area contributed by atoms with Crippen molar-refractivity contribution in [3.63, 3.8) is 0 Å². The third kappa shape index (κ3) is 2.26. The van der Waals surface area contributed by atoms with Crippen molar-refractivity contribution in [1.29, 1.82) is 0 Å². The summed E-state index contributed by atoms with van der Waals surface area (Å²) >= 11 is 3.22. The van der Waals surface area contributed by atoms with Crippen LogP contribution in [0.1, 0.15) is 10.5 Å². The summed E-state index contributed by atoms with van der Waals surface area (Å²) in [5.41, 5.74) is -0.0736. The van der Waals surface area contributed by atoms with Gasteiger partial charge in [0.1, 0.15) is 6.33 Å². The van der Waals surface area contributed by atoms with E-state index in [1.807, 2.05) is 0 Å². The van der Waals surface area contributed by atoms with Crippen LogP contribution in [0.5, 0.6) is 5.88 Å². The lowest BCUT2D eigenvalue weighted by atomic mass is 10.5. The lowest BCUT2D eigenvalue weighted by Crippen LogP contribution is -2.01. The van der Waals surface area contributed by atoms with Crippen LogP contribution in [0.15, 0.2) is 23.2 Å². The van der Waals surface area contributed by atoms with Crippen LogP contribution in [-0.4, -0.2) is 37.7 Å². The van der Waals surface area contributed by atoms with Crippen LogP contribution in [0.25, 0.3) is 5.95 Å². The molecule has 17 heavy (non-hydrogen) atoms. The molecule has 2 aromatic rings. The molecule has 88 valence electrons. The van der Waals surface area contributed by atoms with E-state index in [1.165, 1.54) is 30.4 Å². The van der Waals surface area contributed by atoms with Gasteiger partial charge in [-0.3, -0.25) is 4.57 Å². The van der Waals surface area contributed by atoms with Crippen molar-refractivity contribution in [3.8, 4) is 11.8 Å². The highest BCUT2D eigenvalue weighted by Gasteiger charge is 2.11. The summed E-state index contributed by atoms with van der Waals surface area (Å²) in [6, 6.07) is 0. The molecule has 0 bridgehead atoms. The third-order valence-electron chi connectivity index (χ3n) is 1.93. The first-order chi connectivity index (χ1) is 8.11. The van der Waals surface area contributed by atoms with Crippen molar-refractivity contribution >= 4 is 21.9 Å². The van der Waals surface area contributed by atoms with Crippen LogP contribution in [0.3, 0.4) is 0 Å². The fourth-order valence-corrected chi connectivity index (χ4v) is 1.51. The van der Waals surface area contributed by atoms with Crippen LogP contribution in [0, 0.1) is 0 Å². The van der Waals surface area contributed by atoms with Gasteiger partial charge in [-0.25, -0.2) is 14.8 Å². The molecule has 0 unspecified atom stereocenters. The number of imidazole rings is 1. The normalized spacial score (nSPS) is 10.2. The molecule has 2 rings (SSSR count). The first kappa shape index (κ1) is 11.5. The van der Waals surface area contributed by atoms with Crippen LogP contribution in [0.2, 0.25) is 0 Å². The van der Waals surface area contributed by atoms with Crippen LogP contribution in [0.4, 0.5) is 0 Å². The van der Waals surface area contributed by atoms with Gasteiger partial charge in [-0.05, 0) is 15.9 Å². The molecule has 0 saturated carbocycles. The average Bonchev–Trinajstić information content (AvgIpc) is 2.79. The molecule has 7 nitrogen and oxygen atoms in total. The topological polar surface area (TPSA) is 90.1 Å². The zero-order chi connectivity index (χ0) is 12.4. The zero-order valence-corrected chi connectivity index (χ0v) is 10.2. The molecule has 0 aromatic carbocycles.